The highest BCUT2D eigenvalue weighted by molar-refractivity contribution is 7.89. The number of carbonyl (C=O) groups is 1. The van der Waals surface area contributed by atoms with Crippen molar-refractivity contribution in [3.63, 3.8) is 0 Å². The lowest BCUT2D eigenvalue weighted by atomic mass is 10.2. The number of H-pyrrole nitrogens is 1. The third-order valence-electron chi connectivity index (χ3n) is 2.53. The number of aromatic nitrogens is 3. The second-order valence-electron chi connectivity index (χ2n) is 3.91. The van der Waals surface area contributed by atoms with Crippen molar-refractivity contribution in [3.8, 4) is 0 Å². The van der Waals surface area contributed by atoms with Crippen LogP contribution in [0.3, 0.4) is 0 Å². The number of rotatable bonds is 6. The van der Waals surface area contributed by atoms with Crippen molar-refractivity contribution in [1.29, 1.82) is 0 Å². The van der Waals surface area contributed by atoms with E-state index in [2.05, 4.69) is 19.9 Å². The summed E-state index contributed by atoms with van der Waals surface area (Å²) in [6, 6.07) is 4.99. The largest absolute Gasteiger partial charge is 0.478 e. The number of benzene rings is 1. The zero-order valence-electron chi connectivity index (χ0n) is 10.3. The molecule has 0 aliphatic carbocycles. The molecule has 0 unspecified atom stereocenters. The van der Waals surface area contributed by atoms with Gasteiger partial charge in [-0.15, -0.1) is 0 Å². The Balaban J connectivity index is 2.00. The maximum Gasteiger partial charge on any atom is 0.335 e. The second kappa shape index (κ2) is 5.80. The molecule has 0 saturated heterocycles. The minimum atomic E-state index is -3.66. The highest BCUT2D eigenvalue weighted by Crippen LogP contribution is 2.10. The summed E-state index contributed by atoms with van der Waals surface area (Å²) in [5.41, 5.74) is 0.0330. The lowest BCUT2D eigenvalue weighted by Gasteiger charge is -2.06. The molecule has 1 aromatic heterocycles. The minimum Gasteiger partial charge on any atom is -0.478 e. The van der Waals surface area contributed by atoms with Crippen LogP contribution in [0.15, 0.2) is 35.5 Å². The Morgan fingerprint density at radius 2 is 2.00 bits per heavy atom. The van der Waals surface area contributed by atoms with E-state index in [1.807, 2.05) is 0 Å². The van der Waals surface area contributed by atoms with Crippen LogP contribution in [0.4, 0.5) is 0 Å². The first kappa shape index (κ1) is 14.2. The van der Waals surface area contributed by atoms with Crippen molar-refractivity contribution in [1.82, 2.24) is 19.9 Å². The van der Waals surface area contributed by atoms with E-state index in [1.54, 1.807) is 0 Å². The van der Waals surface area contributed by atoms with Gasteiger partial charge in [0.2, 0.25) is 10.0 Å². The van der Waals surface area contributed by atoms with E-state index in [0.717, 1.165) is 0 Å². The summed E-state index contributed by atoms with van der Waals surface area (Å²) in [5.74, 6) is -0.527. The fraction of sp³-hybridized carbons (Fsp3) is 0.182. The molecule has 0 aliphatic heterocycles. The van der Waals surface area contributed by atoms with E-state index in [1.165, 1.54) is 30.6 Å². The molecule has 0 atom stereocenters. The summed E-state index contributed by atoms with van der Waals surface area (Å²) in [4.78, 5) is 14.6. The average Bonchev–Trinajstić information content (AvgIpc) is 2.92. The molecule has 2 rings (SSSR count). The van der Waals surface area contributed by atoms with Gasteiger partial charge in [0.1, 0.15) is 12.2 Å². The lowest BCUT2D eigenvalue weighted by Crippen LogP contribution is -2.26. The molecule has 0 saturated carbocycles. The molecular weight excluding hydrogens is 284 g/mol. The Morgan fingerprint density at radius 3 is 2.55 bits per heavy atom. The van der Waals surface area contributed by atoms with E-state index < -0.39 is 16.0 Å². The highest BCUT2D eigenvalue weighted by atomic mass is 32.2. The second-order valence-corrected chi connectivity index (χ2v) is 5.68. The fourth-order valence-corrected chi connectivity index (χ4v) is 2.55. The third-order valence-corrected chi connectivity index (χ3v) is 4.01. The average molecular weight is 296 g/mol. The van der Waals surface area contributed by atoms with Gasteiger partial charge in [0, 0.05) is 13.0 Å². The van der Waals surface area contributed by atoms with Crippen molar-refractivity contribution >= 4 is 16.0 Å². The normalized spacial score (nSPS) is 11.4. The molecule has 2 aromatic rings. The third kappa shape index (κ3) is 3.39. The first-order chi connectivity index (χ1) is 9.49. The maximum absolute atomic E-state index is 11.9. The van der Waals surface area contributed by atoms with Gasteiger partial charge in [-0.1, -0.05) is 0 Å². The SMILES string of the molecule is O=C(O)c1ccc(S(=O)(=O)NCCc2ncn[nH]2)cc1. The van der Waals surface area contributed by atoms with Crippen LogP contribution in [-0.4, -0.2) is 41.2 Å². The van der Waals surface area contributed by atoms with E-state index in [9.17, 15) is 13.2 Å². The summed E-state index contributed by atoms with van der Waals surface area (Å²) in [5, 5.41) is 15.0. The predicted molar refractivity (Wildman–Crippen MR) is 68.7 cm³/mol. The molecule has 106 valence electrons. The molecular formula is C11H12N4O4S. The van der Waals surface area contributed by atoms with Crippen LogP contribution < -0.4 is 4.72 Å². The summed E-state index contributed by atoms with van der Waals surface area (Å²) >= 11 is 0. The van der Waals surface area contributed by atoms with Gasteiger partial charge in [-0.05, 0) is 24.3 Å². The van der Waals surface area contributed by atoms with Crippen LogP contribution in [0, 0.1) is 0 Å². The standard InChI is InChI=1S/C11H12N4O4S/c16-11(17)8-1-3-9(4-2-8)20(18,19)14-6-5-10-12-7-13-15-10/h1-4,7,14H,5-6H2,(H,16,17)(H,12,13,15). The molecule has 1 aromatic carbocycles. The summed E-state index contributed by atoms with van der Waals surface area (Å²) < 4.78 is 26.3. The van der Waals surface area contributed by atoms with Crippen molar-refractivity contribution in [2.45, 2.75) is 11.3 Å². The molecule has 8 nitrogen and oxygen atoms in total. The molecule has 0 amide bonds. The van der Waals surface area contributed by atoms with Gasteiger partial charge in [-0.3, -0.25) is 5.10 Å². The number of carboxylic acid groups (broad SMARTS) is 1. The number of hydrogen-bond donors (Lipinski definition) is 3. The first-order valence-corrected chi connectivity index (χ1v) is 7.14. The number of aromatic carboxylic acids is 1. The Labute approximate surface area is 114 Å². The van der Waals surface area contributed by atoms with Gasteiger partial charge >= 0.3 is 5.97 Å². The number of nitrogens with zero attached hydrogens (tertiary/aromatic N) is 2. The molecule has 9 heteroatoms. The van der Waals surface area contributed by atoms with Crippen LogP contribution in [0.25, 0.3) is 0 Å². The van der Waals surface area contributed by atoms with Gasteiger partial charge in [0.25, 0.3) is 0 Å². The smallest absolute Gasteiger partial charge is 0.335 e. The molecule has 0 radical (unpaired) electrons. The van der Waals surface area contributed by atoms with E-state index in [0.29, 0.717) is 12.2 Å². The van der Waals surface area contributed by atoms with Gasteiger partial charge in [-0.25, -0.2) is 22.9 Å². The van der Waals surface area contributed by atoms with Gasteiger partial charge in [-0.2, -0.15) is 5.10 Å². The topological polar surface area (TPSA) is 125 Å². The quantitative estimate of drug-likeness (QED) is 0.690. The van der Waals surface area contributed by atoms with Crippen molar-refractivity contribution in [3.05, 3.63) is 42.0 Å². The zero-order chi connectivity index (χ0) is 14.6. The van der Waals surface area contributed by atoms with Crippen LogP contribution in [0.1, 0.15) is 16.2 Å². The number of aromatic amines is 1. The van der Waals surface area contributed by atoms with E-state index in [4.69, 9.17) is 5.11 Å². The van der Waals surface area contributed by atoms with Crippen molar-refractivity contribution in [2.75, 3.05) is 6.54 Å². The minimum absolute atomic E-state index is 0.0140. The summed E-state index contributed by atoms with van der Waals surface area (Å²) in [7, 11) is -3.66. The van der Waals surface area contributed by atoms with Gasteiger partial charge in [0.05, 0.1) is 10.5 Å². The number of hydrogen-bond acceptors (Lipinski definition) is 5. The molecule has 0 spiro atoms. The fourth-order valence-electron chi connectivity index (χ4n) is 1.52. The summed E-state index contributed by atoms with van der Waals surface area (Å²) in [6.07, 6.45) is 1.72. The van der Waals surface area contributed by atoms with Crippen molar-refractivity contribution < 1.29 is 18.3 Å². The Morgan fingerprint density at radius 1 is 1.30 bits per heavy atom. The monoisotopic (exact) mass is 296 g/mol. The summed E-state index contributed by atoms with van der Waals surface area (Å²) in [6.45, 7) is 0.165. The van der Waals surface area contributed by atoms with E-state index >= 15 is 0 Å². The molecule has 0 fully saturated rings. The van der Waals surface area contributed by atoms with Gasteiger partial charge in [0.15, 0.2) is 0 Å². The Bertz CT molecular complexity index is 680. The number of sulfonamides is 1. The Hall–Kier alpha value is -2.26. The number of carboxylic acids is 1. The Kier molecular flexibility index (Phi) is 4.11. The number of nitrogens with one attached hydrogen (secondary N) is 2. The van der Waals surface area contributed by atoms with Crippen LogP contribution in [0.5, 0.6) is 0 Å². The zero-order valence-corrected chi connectivity index (χ0v) is 11.1. The van der Waals surface area contributed by atoms with Gasteiger partial charge < -0.3 is 5.11 Å². The lowest BCUT2D eigenvalue weighted by molar-refractivity contribution is 0.0696. The molecule has 1 heterocycles. The molecule has 3 N–H and O–H groups in total. The van der Waals surface area contributed by atoms with Crippen LogP contribution >= 0.6 is 0 Å². The first-order valence-electron chi connectivity index (χ1n) is 5.66. The maximum atomic E-state index is 11.9. The van der Waals surface area contributed by atoms with Crippen LogP contribution in [-0.2, 0) is 16.4 Å². The van der Waals surface area contributed by atoms with Crippen molar-refractivity contribution in [2.24, 2.45) is 0 Å². The van der Waals surface area contributed by atoms with E-state index in [-0.39, 0.29) is 17.0 Å². The highest BCUT2D eigenvalue weighted by Gasteiger charge is 2.14. The van der Waals surface area contributed by atoms with Crippen LogP contribution in [0.2, 0.25) is 0 Å². The molecule has 0 bridgehead atoms. The molecule has 0 aliphatic rings. The molecule has 20 heavy (non-hydrogen) atoms. The predicted octanol–water partition coefficient (Wildman–Crippen LogP) is 0.0239.